The predicted molar refractivity (Wildman–Crippen MR) is 109 cm³/mol. The normalized spacial score (nSPS) is 10.5. The van der Waals surface area contributed by atoms with E-state index in [9.17, 15) is 0 Å². The molecule has 5 heteroatoms. The number of benzene rings is 3. The summed E-state index contributed by atoms with van der Waals surface area (Å²) in [5.41, 5.74) is 5.36. The van der Waals surface area contributed by atoms with Crippen LogP contribution >= 0.6 is 11.6 Å². The fourth-order valence-electron chi connectivity index (χ4n) is 2.86. The first-order valence-electron chi connectivity index (χ1n) is 8.47. The Morgan fingerprint density at radius 2 is 1.56 bits per heavy atom. The summed E-state index contributed by atoms with van der Waals surface area (Å²) in [6.45, 7) is 4.22. The summed E-state index contributed by atoms with van der Waals surface area (Å²) in [7, 11) is 0. The van der Waals surface area contributed by atoms with Crippen LogP contribution in [0.5, 0.6) is 0 Å². The molecule has 1 aromatic heterocycles. The molecule has 0 aliphatic rings. The Balaban J connectivity index is 0.00000210. The molecule has 0 unspecified atom stereocenters. The zero-order chi connectivity index (χ0) is 18.1. The number of para-hydroxylation sites is 1. The number of aromatic nitrogens is 2. The first-order valence-corrected chi connectivity index (χ1v) is 8.85. The van der Waals surface area contributed by atoms with E-state index in [0.717, 1.165) is 28.0 Å². The summed E-state index contributed by atoms with van der Waals surface area (Å²) in [5.74, 6) is 1.47. The van der Waals surface area contributed by atoms with Crippen molar-refractivity contribution in [1.82, 2.24) is 9.97 Å². The SMILES string of the molecule is Cc1ccc(Nc2nc(-c3ccc(Cl)cc3)nc3ccccc23)cc1C.[Cl-]. The maximum absolute atomic E-state index is 6.01. The lowest BCUT2D eigenvalue weighted by atomic mass is 10.1. The van der Waals surface area contributed by atoms with Crippen molar-refractivity contribution in [3.8, 4) is 11.4 Å². The number of anilines is 2. The second-order valence-electron chi connectivity index (χ2n) is 6.34. The molecule has 3 aromatic carbocycles. The van der Waals surface area contributed by atoms with E-state index in [1.807, 2.05) is 48.5 Å². The highest BCUT2D eigenvalue weighted by Crippen LogP contribution is 2.28. The van der Waals surface area contributed by atoms with Crippen LogP contribution < -0.4 is 17.7 Å². The van der Waals surface area contributed by atoms with Gasteiger partial charge in [-0.1, -0.05) is 29.8 Å². The van der Waals surface area contributed by atoms with Crippen molar-refractivity contribution in [2.45, 2.75) is 13.8 Å². The van der Waals surface area contributed by atoms with E-state index < -0.39 is 0 Å². The number of halogens is 2. The van der Waals surface area contributed by atoms with Gasteiger partial charge < -0.3 is 17.7 Å². The van der Waals surface area contributed by atoms with Crippen LogP contribution in [0.2, 0.25) is 5.02 Å². The number of nitrogens with zero attached hydrogens (tertiary/aromatic N) is 2. The molecule has 0 fully saturated rings. The first-order chi connectivity index (χ1) is 12.6. The van der Waals surface area contributed by atoms with Crippen LogP contribution in [-0.4, -0.2) is 9.97 Å². The zero-order valence-corrected chi connectivity index (χ0v) is 16.5. The third-order valence-corrected chi connectivity index (χ3v) is 4.73. The monoisotopic (exact) mass is 394 g/mol. The molecule has 4 rings (SSSR count). The Morgan fingerprint density at radius 1 is 0.815 bits per heavy atom. The van der Waals surface area contributed by atoms with Crippen LogP contribution in [0.15, 0.2) is 66.7 Å². The van der Waals surface area contributed by atoms with Crippen LogP contribution in [0.25, 0.3) is 22.3 Å². The molecule has 0 amide bonds. The Bertz CT molecular complexity index is 1090. The molecule has 0 saturated heterocycles. The van der Waals surface area contributed by atoms with Crippen LogP contribution in [-0.2, 0) is 0 Å². The van der Waals surface area contributed by atoms with Gasteiger partial charge in [0.1, 0.15) is 5.82 Å². The fraction of sp³-hybridized carbons (Fsp3) is 0.0909. The van der Waals surface area contributed by atoms with E-state index in [1.54, 1.807) is 0 Å². The van der Waals surface area contributed by atoms with Crippen LogP contribution in [0.3, 0.4) is 0 Å². The van der Waals surface area contributed by atoms with E-state index in [4.69, 9.17) is 21.6 Å². The number of aryl methyl sites for hydroxylation is 2. The van der Waals surface area contributed by atoms with Crippen molar-refractivity contribution < 1.29 is 12.4 Å². The molecule has 0 radical (unpaired) electrons. The van der Waals surface area contributed by atoms with Crippen molar-refractivity contribution in [2.24, 2.45) is 0 Å². The van der Waals surface area contributed by atoms with Crippen molar-refractivity contribution in [3.05, 3.63) is 82.9 Å². The number of nitrogens with one attached hydrogen (secondary N) is 1. The second-order valence-corrected chi connectivity index (χ2v) is 6.78. The highest BCUT2D eigenvalue weighted by Gasteiger charge is 2.10. The molecule has 1 N–H and O–H groups in total. The largest absolute Gasteiger partial charge is 1.00 e. The van der Waals surface area contributed by atoms with Gasteiger partial charge in [0.2, 0.25) is 0 Å². The summed E-state index contributed by atoms with van der Waals surface area (Å²) in [6.07, 6.45) is 0. The molecule has 0 saturated carbocycles. The van der Waals surface area contributed by atoms with E-state index >= 15 is 0 Å². The number of rotatable bonds is 3. The zero-order valence-electron chi connectivity index (χ0n) is 15.0. The topological polar surface area (TPSA) is 37.8 Å². The van der Waals surface area contributed by atoms with Gasteiger partial charge in [-0.2, -0.15) is 0 Å². The molecule has 136 valence electrons. The molecular weight excluding hydrogens is 377 g/mol. The lowest BCUT2D eigenvalue weighted by Crippen LogP contribution is -3.00. The van der Waals surface area contributed by atoms with E-state index in [0.29, 0.717) is 10.8 Å². The highest BCUT2D eigenvalue weighted by molar-refractivity contribution is 6.30. The molecule has 27 heavy (non-hydrogen) atoms. The summed E-state index contributed by atoms with van der Waals surface area (Å²) >= 11 is 6.01. The van der Waals surface area contributed by atoms with Crippen molar-refractivity contribution in [1.29, 1.82) is 0 Å². The van der Waals surface area contributed by atoms with Gasteiger partial charge in [0.05, 0.1) is 5.52 Å². The minimum absolute atomic E-state index is 0. The maximum Gasteiger partial charge on any atom is 0.162 e. The minimum Gasteiger partial charge on any atom is -1.00 e. The maximum atomic E-state index is 6.01. The molecule has 0 bridgehead atoms. The van der Waals surface area contributed by atoms with E-state index in [2.05, 4.69) is 37.4 Å². The Labute approximate surface area is 169 Å². The Morgan fingerprint density at radius 3 is 2.30 bits per heavy atom. The molecule has 0 spiro atoms. The number of hydrogen-bond acceptors (Lipinski definition) is 3. The van der Waals surface area contributed by atoms with Crippen molar-refractivity contribution in [3.63, 3.8) is 0 Å². The summed E-state index contributed by atoms with van der Waals surface area (Å²) in [5, 5.41) is 5.15. The summed E-state index contributed by atoms with van der Waals surface area (Å²) in [6, 6.07) is 21.9. The van der Waals surface area contributed by atoms with Gasteiger partial charge in [0.15, 0.2) is 5.82 Å². The number of fused-ring (bicyclic) bond motifs is 1. The molecule has 1 heterocycles. The van der Waals surface area contributed by atoms with Gasteiger partial charge in [-0.05, 0) is 73.5 Å². The lowest BCUT2D eigenvalue weighted by Gasteiger charge is -2.12. The molecule has 0 aliphatic heterocycles. The molecule has 0 atom stereocenters. The van der Waals surface area contributed by atoms with Gasteiger partial charge >= 0.3 is 0 Å². The van der Waals surface area contributed by atoms with Crippen molar-refractivity contribution in [2.75, 3.05) is 5.32 Å². The third-order valence-electron chi connectivity index (χ3n) is 4.48. The number of hydrogen-bond donors (Lipinski definition) is 1. The fourth-order valence-corrected chi connectivity index (χ4v) is 2.98. The lowest BCUT2D eigenvalue weighted by molar-refractivity contribution is -0.00000527. The average molecular weight is 395 g/mol. The first kappa shape index (κ1) is 19.2. The average Bonchev–Trinajstić information content (AvgIpc) is 2.65. The predicted octanol–water partition coefficient (Wildman–Crippen LogP) is 3.31. The molecule has 4 aromatic rings. The van der Waals surface area contributed by atoms with Crippen LogP contribution in [0.4, 0.5) is 11.5 Å². The van der Waals surface area contributed by atoms with Gasteiger partial charge in [0.25, 0.3) is 0 Å². The van der Waals surface area contributed by atoms with Gasteiger partial charge in [-0.15, -0.1) is 0 Å². The van der Waals surface area contributed by atoms with Gasteiger partial charge in [0, 0.05) is 21.7 Å². The third kappa shape index (κ3) is 4.05. The molecule has 3 nitrogen and oxygen atoms in total. The van der Waals surface area contributed by atoms with Crippen LogP contribution in [0.1, 0.15) is 11.1 Å². The Kier molecular flexibility index (Phi) is 5.64. The quantitative estimate of drug-likeness (QED) is 0.579. The second kappa shape index (κ2) is 7.95. The molecule has 0 aliphatic carbocycles. The highest BCUT2D eigenvalue weighted by atomic mass is 35.5. The smallest absolute Gasteiger partial charge is 0.162 e. The van der Waals surface area contributed by atoms with Gasteiger partial charge in [-0.25, -0.2) is 9.97 Å². The van der Waals surface area contributed by atoms with Gasteiger partial charge in [-0.3, -0.25) is 0 Å². The van der Waals surface area contributed by atoms with Crippen LogP contribution in [0, 0.1) is 13.8 Å². The summed E-state index contributed by atoms with van der Waals surface area (Å²) < 4.78 is 0. The summed E-state index contributed by atoms with van der Waals surface area (Å²) in [4.78, 5) is 9.50. The Hall–Kier alpha value is -2.62. The molecular formula is C22H18Cl2N3-. The van der Waals surface area contributed by atoms with E-state index in [-0.39, 0.29) is 12.4 Å². The minimum atomic E-state index is 0. The standard InChI is InChI=1S/C22H18ClN3.ClH/c1-14-7-12-18(13-15(14)2)24-22-19-5-3-4-6-20(19)25-21(26-22)16-8-10-17(23)11-9-16;/h3-13H,1-2H3,(H,24,25,26);1H/p-1. The van der Waals surface area contributed by atoms with Crippen molar-refractivity contribution >= 4 is 34.0 Å². The van der Waals surface area contributed by atoms with E-state index in [1.165, 1.54) is 11.1 Å².